The molecule has 0 fully saturated rings. The van der Waals surface area contributed by atoms with Gasteiger partial charge in [-0.05, 0) is 42.5 Å². The van der Waals surface area contributed by atoms with Crippen LogP contribution in [0.4, 0.5) is 0 Å². The lowest BCUT2D eigenvalue weighted by atomic mass is 10.2. The first-order valence-electron chi connectivity index (χ1n) is 6.69. The van der Waals surface area contributed by atoms with E-state index in [0.29, 0.717) is 10.8 Å². The standard InChI is InChI=1S/C15H11ClN2O5S/c1-23-10-4-7-13-12(8-10)14(19)18(15(20)17-13)24(21,22)11-5-2-9(16)3-6-11/h2-8H,1H3,(H,17,20). The topological polar surface area (TPSA) is 98.2 Å². The van der Waals surface area contributed by atoms with Crippen molar-refractivity contribution in [1.29, 1.82) is 0 Å². The van der Waals surface area contributed by atoms with Crippen LogP contribution < -0.4 is 16.0 Å². The molecule has 3 aromatic rings. The van der Waals surface area contributed by atoms with Crippen LogP contribution in [0.5, 0.6) is 5.75 Å². The quantitative estimate of drug-likeness (QED) is 0.759. The van der Waals surface area contributed by atoms with Crippen molar-refractivity contribution in [2.45, 2.75) is 4.90 Å². The Kier molecular flexibility index (Phi) is 3.94. The lowest BCUT2D eigenvalue weighted by molar-refractivity contribution is 0.415. The Hall–Kier alpha value is -2.58. The molecule has 124 valence electrons. The van der Waals surface area contributed by atoms with Crippen LogP contribution in [0.15, 0.2) is 56.9 Å². The predicted octanol–water partition coefficient (Wildman–Crippen LogP) is 1.59. The average Bonchev–Trinajstić information content (AvgIpc) is 2.54. The Balaban J connectivity index is 2.35. The van der Waals surface area contributed by atoms with Crippen molar-refractivity contribution in [3.05, 3.63) is 68.3 Å². The van der Waals surface area contributed by atoms with Crippen molar-refractivity contribution in [1.82, 2.24) is 8.96 Å². The van der Waals surface area contributed by atoms with Gasteiger partial charge in [-0.25, -0.2) is 13.2 Å². The van der Waals surface area contributed by atoms with Gasteiger partial charge in [-0.15, -0.1) is 3.97 Å². The molecule has 0 aliphatic carbocycles. The molecule has 0 aliphatic heterocycles. The van der Waals surface area contributed by atoms with E-state index >= 15 is 0 Å². The molecule has 0 radical (unpaired) electrons. The average molecular weight is 367 g/mol. The number of H-pyrrole nitrogens is 1. The minimum atomic E-state index is -4.37. The number of nitrogens with one attached hydrogen (secondary N) is 1. The highest BCUT2D eigenvalue weighted by Gasteiger charge is 2.23. The number of rotatable bonds is 3. The molecule has 0 unspecified atom stereocenters. The van der Waals surface area contributed by atoms with Crippen LogP contribution in [0, 0.1) is 0 Å². The van der Waals surface area contributed by atoms with Crippen LogP contribution in [0.1, 0.15) is 0 Å². The summed E-state index contributed by atoms with van der Waals surface area (Å²) in [5.41, 5.74) is -1.79. The van der Waals surface area contributed by atoms with Gasteiger partial charge in [0.25, 0.3) is 15.6 Å². The zero-order valence-corrected chi connectivity index (χ0v) is 13.9. The summed E-state index contributed by atoms with van der Waals surface area (Å²) < 4.78 is 30.5. The number of hydrogen-bond donors (Lipinski definition) is 1. The van der Waals surface area contributed by atoms with E-state index in [0.717, 1.165) is 0 Å². The maximum Gasteiger partial charge on any atom is 0.343 e. The van der Waals surface area contributed by atoms with Gasteiger partial charge in [0, 0.05) is 5.02 Å². The third-order valence-electron chi connectivity index (χ3n) is 3.42. The summed E-state index contributed by atoms with van der Waals surface area (Å²) in [6.45, 7) is 0. The summed E-state index contributed by atoms with van der Waals surface area (Å²) in [7, 11) is -2.95. The summed E-state index contributed by atoms with van der Waals surface area (Å²) in [6.07, 6.45) is 0. The molecule has 9 heteroatoms. The second-order valence-electron chi connectivity index (χ2n) is 4.87. The fourth-order valence-electron chi connectivity index (χ4n) is 2.23. The van der Waals surface area contributed by atoms with Gasteiger partial charge in [-0.3, -0.25) is 4.79 Å². The number of hydrogen-bond acceptors (Lipinski definition) is 5. The van der Waals surface area contributed by atoms with Crippen molar-refractivity contribution in [2.24, 2.45) is 0 Å². The van der Waals surface area contributed by atoms with E-state index in [1.54, 1.807) is 6.07 Å². The minimum absolute atomic E-state index is 0.0199. The molecule has 3 rings (SSSR count). The van der Waals surface area contributed by atoms with Crippen LogP contribution in [0.2, 0.25) is 5.02 Å². The number of benzene rings is 2. The molecule has 0 aliphatic rings. The monoisotopic (exact) mass is 366 g/mol. The van der Waals surface area contributed by atoms with Gasteiger partial charge in [-0.1, -0.05) is 11.6 Å². The van der Waals surface area contributed by atoms with Crippen LogP contribution in [0.3, 0.4) is 0 Å². The fraction of sp³-hybridized carbons (Fsp3) is 0.0667. The van der Waals surface area contributed by atoms with Crippen molar-refractivity contribution >= 4 is 32.5 Å². The van der Waals surface area contributed by atoms with E-state index in [4.69, 9.17) is 16.3 Å². The van der Waals surface area contributed by atoms with E-state index < -0.39 is 21.3 Å². The molecule has 1 aromatic heterocycles. The molecule has 24 heavy (non-hydrogen) atoms. The van der Waals surface area contributed by atoms with Crippen molar-refractivity contribution in [2.75, 3.05) is 7.11 Å². The van der Waals surface area contributed by atoms with Gasteiger partial charge in [0.15, 0.2) is 0 Å². The Bertz CT molecular complexity index is 1150. The first kappa shape index (κ1) is 16.3. The first-order chi connectivity index (χ1) is 11.3. The van der Waals surface area contributed by atoms with Gasteiger partial charge < -0.3 is 9.72 Å². The molecule has 1 heterocycles. The number of aromatic nitrogens is 2. The summed E-state index contributed by atoms with van der Waals surface area (Å²) in [5.74, 6) is 0.363. The number of methoxy groups -OCH3 is 1. The molecule has 7 nitrogen and oxygen atoms in total. The normalized spacial score (nSPS) is 11.6. The first-order valence-corrected chi connectivity index (χ1v) is 8.50. The second kappa shape index (κ2) is 5.81. The molecule has 1 N–H and O–H groups in total. The third-order valence-corrected chi connectivity index (χ3v) is 5.35. The summed E-state index contributed by atoms with van der Waals surface area (Å²) in [6, 6.07) is 9.54. The van der Waals surface area contributed by atoms with Crippen LogP contribution in [-0.2, 0) is 10.0 Å². The molecule has 0 saturated carbocycles. The predicted molar refractivity (Wildman–Crippen MR) is 89.4 cm³/mol. The molecular formula is C15H11ClN2O5S. The fourth-order valence-corrected chi connectivity index (χ4v) is 3.63. The number of fused-ring (bicyclic) bond motifs is 1. The summed E-state index contributed by atoms with van der Waals surface area (Å²) in [5, 5.41) is 0.352. The molecule has 2 aromatic carbocycles. The maximum absolute atomic E-state index is 12.7. The Morgan fingerprint density at radius 3 is 2.38 bits per heavy atom. The van der Waals surface area contributed by atoms with Crippen LogP contribution >= 0.6 is 11.6 Å². The van der Waals surface area contributed by atoms with E-state index in [2.05, 4.69) is 4.98 Å². The smallest absolute Gasteiger partial charge is 0.343 e. The molecular weight excluding hydrogens is 356 g/mol. The van der Waals surface area contributed by atoms with Gasteiger partial charge in [-0.2, -0.15) is 0 Å². The number of halogens is 1. The largest absolute Gasteiger partial charge is 0.497 e. The Morgan fingerprint density at radius 2 is 1.75 bits per heavy atom. The SMILES string of the molecule is COc1ccc2[nH]c(=O)n(S(=O)(=O)c3ccc(Cl)cc3)c(=O)c2c1. The number of nitrogens with zero attached hydrogens (tertiary/aromatic N) is 1. The van der Waals surface area contributed by atoms with Crippen molar-refractivity contribution < 1.29 is 13.2 Å². The van der Waals surface area contributed by atoms with E-state index in [1.165, 1.54) is 43.5 Å². The van der Waals surface area contributed by atoms with Crippen molar-refractivity contribution in [3.8, 4) is 5.75 Å². The molecule has 0 atom stereocenters. The lowest BCUT2D eigenvalue weighted by Crippen LogP contribution is -2.39. The van der Waals surface area contributed by atoms with E-state index in [9.17, 15) is 18.0 Å². The lowest BCUT2D eigenvalue weighted by Gasteiger charge is -2.08. The van der Waals surface area contributed by atoms with Crippen LogP contribution in [0.25, 0.3) is 10.9 Å². The third kappa shape index (κ3) is 2.59. The van der Waals surface area contributed by atoms with Crippen LogP contribution in [-0.4, -0.2) is 24.5 Å². The second-order valence-corrected chi connectivity index (χ2v) is 7.09. The molecule has 0 spiro atoms. The Labute approximate surface area is 141 Å². The highest BCUT2D eigenvalue weighted by molar-refractivity contribution is 7.90. The highest BCUT2D eigenvalue weighted by Crippen LogP contribution is 2.18. The summed E-state index contributed by atoms with van der Waals surface area (Å²) in [4.78, 5) is 26.9. The van der Waals surface area contributed by atoms with Gasteiger partial charge >= 0.3 is 5.69 Å². The zero-order valence-electron chi connectivity index (χ0n) is 12.3. The van der Waals surface area contributed by atoms with Gasteiger partial charge in [0.1, 0.15) is 5.75 Å². The van der Waals surface area contributed by atoms with Gasteiger partial charge in [0.05, 0.1) is 22.9 Å². The number of aromatic amines is 1. The van der Waals surface area contributed by atoms with Gasteiger partial charge in [0.2, 0.25) is 0 Å². The van der Waals surface area contributed by atoms with Crippen molar-refractivity contribution in [3.63, 3.8) is 0 Å². The minimum Gasteiger partial charge on any atom is -0.497 e. The van der Waals surface area contributed by atoms with E-state index in [-0.39, 0.29) is 19.8 Å². The number of ether oxygens (including phenoxy) is 1. The molecule has 0 bridgehead atoms. The maximum atomic E-state index is 12.7. The Morgan fingerprint density at radius 1 is 1.08 bits per heavy atom. The summed E-state index contributed by atoms with van der Waals surface area (Å²) >= 11 is 5.74. The molecule has 0 amide bonds. The highest BCUT2D eigenvalue weighted by atomic mass is 35.5. The molecule has 0 saturated heterocycles. The van der Waals surface area contributed by atoms with E-state index in [1.807, 2.05) is 0 Å². The zero-order chi connectivity index (χ0) is 17.5.